The molecule has 12 heteroatoms. The molecule has 0 saturated carbocycles. The maximum absolute atomic E-state index is 11.7. The average molecular weight is 404 g/mol. The highest BCUT2D eigenvalue weighted by atomic mass is 32.2. The van der Waals surface area contributed by atoms with Crippen LogP contribution in [0.1, 0.15) is 0 Å². The van der Waals surface area contributed by atoms with Gasteiger partial charge in [0.05, 0.1) is 10.6 Å². The lowest BCUT2D eigenvalue weighted by Gasteiger charge is -2.05. The van der Waals surface area contributed by atoms with E-state index >= 15 is 0 Å². The molecule has 0 aliphatic rings. The second kappa shape index (κ2) is 10.1. The zero-order chi connectivity index (χ0) is 18.9. The van der Waals surface area contributed by atoms with Crippen LogP contribution >= 0.6 is 23.1 Å². The lowest BCUT2D eigenvalue weighted by atomic mass is 10.3. The van der Waals surface area contributed by atoms with E-state index < -0.39 is 10.0 Å². The molecule has 136 valence electrons. The van der Waals surface area contributed by atoms with E-state index in [9.17, 15) is 18.0 Å². The zero-order valence-corrected chi connectivity index (χ0v) is 15.9. The predicted molar refractivity (Wildman–Crippen MR) is 96.8 cm³/mol. The van der Waals surface area contributed by atoms with Gasteiger partial charge < -0.3 is 10.2 Å². The molecule has 1 heterocycles. The first-order chi connectivity index (χ1) is 11.7. The number of aromatic nitrogens is 2. The third-order valence-corrected chi connectivity index (χ3v) is 5.13. The van der Waals surface area contributed by atoms with Gasteiger partial charge in [-0.25, -0.2) is 13.6 Å². The first kappa shape index (κ1) is 21.0. The summed E-state index contributed by atoms with van der Waals surface area (Å²) in [6.45, 7) is 0. The summed E-state index contributed by atoms with van der Waals surface area (Å²) in [5.74, 6) is -0.0138. The van der Waals surface area contributed by atoms with Gasteiger partial charge in [-0.05, 0) is 24.3 Å². The Morgan fingerprint density at radius 3 is 2.40 bits per heavy atom. The summed E-state index contributed by atoms with van der Waals surface area (Å²) < 4.78 is 22.9. The Hall–Kier alpha value is -2.02. The quantitative estimate of drug-likeness (QED) is 0.533. The molecule has 0 bridgehead atoms. The van der Waals surface area contributed by atoms with Gasteiger partial charge in [-0.15, -0.1) is 10.2 Å². The number of primary sulfonamides is 1. The van der Waals surface area contributed by atoms with E-state index in [4.69, 9.17) is 5.14 Å². The highest BCUT2D eigenvalue weighted by molar-refractivity contribution is 8.01. The highest BCUT2D eigenvalue weighted by Crippen LogP contribution is 2.19. The van der Waals surface area contributed by atoms with Gasteiger partial charge in [0.25, 0.3) is 0 Å². The Morgan fingerprint density at radius 2 is 1.96 bits per heavy atom. The van der Waals surface area contributed by atoms with E-state index in [2.05, 4.69) is 15.5 Å². The summed E-state index contributed by atoms with van der Waals surface area (Å²) in [5, 5.41) is 15.1. The van der Waals surface area contributed by atoms with Crippen molar-refractivity contribution in [3.63, 3.8) is 0 Å². The molecule has 0 saturated heterocycles. The monoisotopic (exact) mass is 403 g/mol. The topological polar surface area (TPSA) is 135 Å². The van der Waals surface area contributed by atoms with Crippen LogP contribution in [0.15, 0.2) is 39.0 Å². The van der Waals surface area contributed by atoms with E-state index in [0.29, 0.717) is 10.0 Å². The van der Waals surface area contributed by atoms with Crippen LogP contribution in [0.3, 0.4) is 0 Å². The van der Waals surface area contributed by atoms with Crippen molar-refractivity contribution < 1.29 is 18.0 Å². The molecule has 25 heavy (non-hydrogen) atoms. The second-order valence-corrected chi connectivity index (χ2v) is 8.30. The van der Waals surface area contributed by atoms with Crippen molar-refractivity contribution in [2.45, 2.75) is 9.24 Å². The van der Waals surface area contributed by atoms with E-state index in [1.807, 2.05) is 0 Å². The van der Waals surface area contributed by atoms with Crippen molar-refractivity contribution in [3.8, 4) is 0 Å². The smallest absolute Gasteiger partial charge is 0.238 e. The van der Waals surface area contributed by atoms with Crippen LogP contribution in [-0.4, -0.2) is 55.7 Å². The number of amides is 2. The van der Waals surface area contributed by atoms with Crippen LogP contribution in [0, 0.1) is 0 Å². The van der Waals surface area contributed by atoms with Crippen LogP contribution in [0.4, 0.5) is 5.69 Å². The molecule has 0 unspecified atom stereocenters. The molecule has 2 rings (SSSR count). The summed E-state index contributed by atoms with van der Waals surface area (Å²) in [4.78, 5) is 22.5. The van der Waals surface area contributed by atoms with Gasteiger partial charge in [0.1, 0.15) is 5.51 Å². The number of nitrogens with one attached hydrogen (secondary N) is 1. The van der Waals surface area contributed by atoms with Gasteiger partial charge in [0.15, 0.2) is 4.34 Å². The van der Waals surface area contributed by atoms with Crippen molar-refractivity contribution in [3.05, 3.63) is 29.8 Å². The van der Waals surface area contributed by atoms with E-state index in [1.165, 1.54) is 52.3 Å². The molecule has 2 amide bonds. The number of nitrogens with two attached hydrogens (primary N) is 1. The Labute approximate surface area is 153 Å². The van der Waals surface area contributed by atoms with Crippen molar-refractivity contribution >= 4 is 51.1 Å². The molecule has 0 aliphatic heterocycles. The molecular weight excluding hydrogens is 386 g/mol. The molecule has 0 spiro atoms. The Bertz CT molecular complexity index is 777. The first-order valence-corrected chi connectivity index (χ1v) is 10.1. The molecular formula is C13H17N5O4S3. The summed E-state index contributed by atoms with van der Waals surface area (Å²) in [6.07, 6.45) is 0.750. The summed E-state index contributed by atoms with van der Waals surface area (Å²) in [7, 11) is -0.344. The molecule has 0 atom stereocenters. The van der Waals surface area contributed by atoms with Crippen LogP contribution in [0.2, 0.25) is 0 Å². The summed E-state index contributed by atoms with van der Waals surface area (Å²) >= 11 is 2.63. The third-order valence-electron chi connectivity index (χ3n) is 2.34. The molecule has 0 radical (unpaired) electrons. The van der Waals surface area contributed by atoms with E-state index in [1.54, 1.807) is 19.6 Å². The van der Waals surface area contributed by atoms with E-state index in [-0.39, 0.29) is 16.6 Å². The average Bonchev–Trinajstić information content (AvgIpc) is 3.06. The molecule has 1 aromatic heterocycles. The largest absolute Gasteiger partial charge is 0.351 e. The number of anilines is 1. The van der Waals surface area contributed by atoms with Gasteiger partial charge in [0, 0.05) is 19.8 Å². The molecule has 0 aliphatic carbocycles. The van der Waals surface area contributed by atoms with Gasteiger partial charge in [-0.1, -0.05) is 23.1 Å². The molecule has 9 nitrogen and oxygen atoms in total. The summed E-state index contributed by atoms with van der Waals surface area (Å²) in [6, 6.07) is 5.63. The summed E-state index contributed by atoms with van der Waals surface area (Å²) in [5.41, 5.74) is 2.09. The van der Waals surface area contributed by atoms with Crippen molar-refractivity contribution in [2.75, 3.05) is 25.2 Å². The fourth-order valence-corrected chi connectivity index (χ4v) is 3.08. The van der Waals surface area contributed by atoms with Gasteiger partial charge in [0.2, 0.25) is 22.3 Å². The normalized spacial score (nSPS) is 10.4. The Balaban J connectivity index is 0.000000550. The number of carbonyl (C=O) groups is 2. The SMILES string of the molecule is CN(C)C=O.NS(=O)(=O)c1ccc(NC(=O)CSc2nncs2)cc1. The lowest BCUT2D eigenvalue weighted by molar-refractivity contribution is -0.116. The van der Waals surface area contributed by atoms with E-state index in [0.717, 1.165) is 6.41 Å². The second-order valence-electron chi connectivity index (χ2n) is 4.68. The minimum atomic E-state index is -3.72. The lowest BCUT2D eigenvalue weighted by Crippen LogP contribution is -2.15. The van der Waals surface area contributed by atoms with Gasteiger partial charge in [-0.3, -0.25) is 9.59 Å². The number of hydrogen-bond acceptors (Lipinski definition) is 8. The van der Waals surface area contributed by atoms with Crippen molar-refractivity contribution in [1.82, 2.24) is 15.1 Å². The number of hydrogen-bond donors (Lipinski definition) is 2. The number of sulfonamides is 1. The standard InChI is InChI=1S/C10H10N4O3S3.C3H7NO/c11-20(16,17)8-3-1-7(2-4-8)13-9(15)5-18-10-14-12-6-19-10;1-4(2)3-5/h1-4,6H,5H2,(H,13,15)(H2,11,16,17);3H,1-2H3. The fraction of sp³-hybridized carbons (Fsp3) is 0.231. The Morgan fingerprint density at radius 1 is 1.36 bits per heavy atom. The fourth-order valence-electron chi connectivity index (χ4n) is 1.28. The Kier molecular flexibility index (Phi) is 8.48. The predicted octanol–water partition coefficient (Wildman–Crippen LogP) is 0.621. The van der Waals surface area contributed by atoms with Crippen molar-refractivity contribution in [1.29, 1.82) is 0 Å². The maximum atomic E-state index is 11.7. The molecule has 1 aromatic carbocycles. The molecule has 0 fully saturated rings. The molecule has 2 aromatic rings. The minimum absolute atomic E-state index is 0.00117. The third kappa shape index (κ3) is 8.58. The van der Waals surface area contributed by atoms with Crippen LogP contribution in [0.5, 0.6) is 0 Å². The van der Waals surface area contributed by atoms with Gasteiger partial charge >= 0.3 is 0 Å². The molecule has 3 N–H and O–H groups in total. The van der Waals surface area contributed by atoms with Crippen LogP contribution in [0.25, 0.3) is 0 Å². The number of nitrogens with zero attached hydrogens (tertiary/aromatic N) is 3. The zero-order valence-electron chi connectivity index (χ0n) is 13.4. The minimum Gasteiger partial charge on any atom is -0.351 e. The number of rotatable bonds is 6. The number of benzene rings is 1. The first-order valence-electron chi connectivity index (χ1n) is 6.65. The number of thioether (sulfide) groups is 1. The van der Waals surface area contributed by atoms with Crippen LogP contribution < -0.4 is 10.5 Å². The van der Waals surface area contributed by atoms with Gasteiger partial charge in [-0.2, -0.15) is 0 Å². The maximum Gasteiger partial charge on any atom is 0.238 e. The number of carbonyl (C=O) groups excluding carboxylic acids is 2. The van der Waals surface area contributed by atoms with Crippen molar-refractivity contribution in [2.24, 2.45) is 5.14 Å². The highest BCUT2D eigenvalue weighted by Gasteiger charge is 2.09. The van der Waals surface area contributed by atoms with Crippen LogP contribution in [-0.2, 0) is 19.6 Å².